The first-order valence-electron chi connectivity index (χ1n) is 7.78. The Labute approximate surface area is 153 Å². The average molecular weight is 366 g/mol. The van der Waals surface area contributed by atoms with Gasteiger partial charge >= 0.3 is 5.69 Å². The average Bonchev–Trinajstić information content (AvgIpc) is 2.62. The number of nitro groups is 2. The van der Waals surface area contributed by atoms with E-state index in [-0.39, 0.29) is 23.0 Å². The van der Waals surface area contributed by atoms with Gasteiger partial charge in [0.2, 0.25) is 11.6 Å². The van der Waals surface area contributed by atoms with Gasteiger partial charge in [-0.05, 0) is 30.7 Å². The van der Waals surface area contributed by atoms with E-state index in [9.17, 15) is 20.2 Å². The summed E-state index contributed by atoms with van der Waals surface area (Å²) in [6, 6.07) is 12.9. The third-order valence-corrected chi connectivity index (χ3v) is 3.61. The summed E-state index contributed by atoms with van der Waals surface area (Å²) in [4.78, 5) is 29.2. The van der Waals surface area contributed by atoms with Crippen molar-refractivity contribution in [3.8, 4) is 0 Å². The van der Waals surface area contributed by atoms with Crippen LogP contribution in [-0.2, 0) is 0 Å². The van der Waals surface area contributed by atoms with Gasteiger partial charge in [0.15, 0.2) is 0 Å². The van der Waals surface area contributed by atoms with Crippen LogP contribution in [0.1, 0.15) is 5.56 Å². The number of nitrogens with one attached hydrogen (secondary N) is 2. The summed E-state index contributed by atoms with van der Waals surface area (Å²) in [5, 5.41) is 28.2. The monoisotopic (exact) mass is 366 g/mol. The SMILES string of the molecule is Cc1cccc(Nc2ncnc(Nc3cccc([N+](=O)[O-])c3)c2[N+](=O)[O-])c1. The number of hydrogen-bond donors (Lipinski definition) is 2. The zero-order valence-corrected chi connectivity index (χ0v) is 14.1. The minimum Gasteiger partial charge on any atom is -0.334 e. The second-order valence-electron chi connectivity index (χ2n) is 5.60. The maximum absolute atomic E-state index is 11.6. The van der Waals surface area contributed by atoms with Crippen LogP contribution in [-0.4, -0.2) is 19.8 Å². The fourth-order valence-corrected chi connectivity index (χ4v) is 2.43. The van der Waals surface area contributed by atoms with Crippen molar-refractivity contribution in [1.82, 2.24) is 9.97 Å². The van der Waals surface area contributed by atoms with E-state index in [2.05, 4.69) is 20.6 Å². The van der Waals surface area contributed by atoms with Crippen LogP contribution >= 0.6 is 0 Å². The Kier molecular flexibility index (Phi) is 4.88. The summed E-state index contributed by atoms with van der Waals surface area (Å²) >= 11 is 0. The molecule has 1 heterocycles. The lowest BCUT2D eigenvalue weighted by atomic mass is 10.2. The van der Waals surface area contributed by atoms with Crippen molar-refractivity contribution in [1.29, 1.82) is 0 Å². The molecule has 10 nitrogen and oxygen atoms in total. The molecule has 1 aromatic heterocycles. The summed E-state index contributed by atoms with van der Waals surface area (Å²) in [7, 11) is 0. The molecule has 3 rings (SSSR count). The van der Waals surface area contributed by atoms with Crippen molar-refractivity contribution in [2.24, 2.45) is 0 Å². The van der Waals surface area contributed by atoms with Gasteiger partial charge in [0.05, 0.1) is 9.85 Å². The predicted octanol–water partition coefficient (Wildman–Crippen LogP) is 4.09. The van der Waals surface area contributed by atoms with Crippen LogP contribution in [0.4, 0.5) is 34.4 Å². The predicted molar refractivity (Wildman–Crippen MR) is 99.5 cm³/mol. The van der Waals surface area contributed by atoms with E-state index in [4.69, 9.17) is 0 Å². The summed E-state index contributed by atoms with van der Waals surface area (Å²) < 4.78 is 0. The third kappa shape index (κ3) is 4.12. The van der Waals surface area contributed by atoms with Crippen molar-refractivity contribution in [2.45, 2.75) is 6.92 Å². The van der Waals surface area contributed by atoms with Crippen molar-refractivity contribution in [3.63, 3.8) is 0 Å². The number of nitro benzene ring substituents is 1. The van der Waals surface area contributed by atoms with Gasteiger partial charge in [-0.2, -0.15) is 0 Å². The highest BCUT2D eigenvalue weighted by Gasteiger charge is 2.23. The van der Waals surface area contributed by atoms with Crippen LogP contribution in [0.2, 0.25) is 0 Å². The molecule has 10 heteroatoms. The van der Waals surface area contributed by atoms with Gasteiger partial charge < -0.3 is 10.6 Å². The van der Waals surface area contributed by atoms with E-state index in [0.717, 1.165) is 5.56 Å². The lowest BCUT2D eigenvalue weighted by Gasteiger charge is -2.10. The van der Waals surface area contributed by atoms with E-state index in [1.807, 2.05) is 25.1 Å². The molecule has 0 saturated carbocycles. The second kappa shape index (κ2) is 7.44. The first-order chi connectivity index (χ1) is 12.9. The quantitative estimate of drug-likeness (QED) is 0.492. The smallest absolute Gasteiger partial charge is 0.334 e. The number of anilines is 4. The third-order valence-electron chi connectivity index (χ3n) is 3.61. The Morgan fingerprint density at radius 2 is 1.44 bits per heavy atom. The van der Waals surface area contributed by atoms with E-state index >= 15 is 0 Å². The van der Waals surface area contributed by atoms with Crippen LogP contribution in [0.15, 0.2) is 54.9 Å². The van der Waals surface area contributed by atoms with Crippen LogP contribution in [0.5, 0.6) is 0 Å². The largest absolute Gasteiger partial charge is 0.353 e. The lowest BCUT2D eigenvalue weighted by Crippen LogP contribution is -2.05. The molecule has 0 saturated heterocycles. The van der Waals surface area contributed by atoms with Crippen LogP contribution in [0, 0.1) is 27.2 Å². The number of aromatic nitrogens is 2. The fraction of sp³-hybridized carbons (Fsp3) is 0.0588. The van der Waals surface area contributed by atoms with Crippen molar-refractivity contribution in [3.05, 3.63) is 80.7 Å². The molecular formula is C17H14N6O4. The van der Waals surface area contributed by atoms with Gasteiger partial charge in [0, 0.05) is 23.5 Å². The van der Waals surface area contributed by atoms with Crippen molar-refractivity contribution < 1.29 is 9.85 Å². The molecule has 136 valence electrons. The molecule has 0 atom stereocenters. The van der Waals surface area contributed by atoms with Gasteiger partial charge in [-0.1, -0.05) is 18.2 Å². The molecule has 0 fully saturated rings. The summed E-state index contributed by atoms with van der Waals surface area (Å²) in [6.45, 7) is 1.90. The van der Waals surface area contributed by atoms with E-state index in [1.165, 1.54) is 24.5 Å². The van der Waals surface area contributed by atoms with Gasteiger partial charge in [-0.3, -0.25) is 20.2 Å². The van der Waals surface area contributed by atoms with Gasteiger partial charge in [0.25, 0.3) is 5.69 Å². The summed E-state index contributed by atoms with van der Waals surface area (Å²) in [5.41, 5.74) is 1.40. The summed E-state index contributed by atoms with van der Waals surface area (Å²) in [5.74, 6) is -0.0702. The Bertz CT molecular complexity index is 1020. The normalized spacial score (nSPS) is 10.3. The zero-order valence-electron chi connectivity index (χ0n) is 14.1. The molecule has 27 heavy (non-hydrogen) atoms. The highest BCUT2D eigenvalue weighted by Crippen LogP contribution is 2.33. The van der Waals surface area contributed by atoms with E-state index in [0.29, 0.717) is 11.4 Å². The molecule has 0 aliphatic carbocycles. The number of aryl methyl sites for hydroxylation is 1. The number of benzene rings is 2. The second-order valence-corrected chi connectivity index (χ2v) is 5.60. The highest BCUT2D eigenvalue weighted by atomic mass is 16.6. The van der Waals surface area contributed by atoms with Gasteiger partial charge in [0.1, 0.15) is 6.33 Å². The maximum atomic E-state index is 11.6. The topological polar surface area (TPSA) is 136 Å². The van der Waals surface area contributed by atoms with Crippen LogP contribution in [0.3, 0.4) is 0 Å². The molecule has 0 amide bonds. The molecule has 0 unspecified atom stereocenters. The summed E-state index contributed by atoms with van der Waals surface area (Å²) in [6.07, 6.45) is 1.17. The first kappa shape index (κ1) is 17.7. The number of non-ortho nitro benzene ring substituents is 1. The van der Waals surface area contributed by atoms with Gasteiger partial charge in [-0.25, -0.2) is 9.97 Å². The Balaban J connectivity index is 1.97. The molecule has 0 radical (unpaired) electrons. The standard InChI is InChI=1S/C17H14N6O4/c1-11-4-2-5-12(8-11)20-16-15(23(26)27)17(19-10-18-16)21-13-6-3-7-14(9-13)22(24)25/h2-10H,1H3,(H2,18,19,20,21). The molecule has 0 aliphatic heterocycles. The molecule has 2 aromatic carbocycles. The fourth-order valence-electron chi connectivity index (χ4n) is 2.43. The molecule has 0 aliphatic rings. The molecule has 3 aromatic rings. The highest BCUT2D eigenvalue weighted by molar-refractivity contribution is 5.77. The minimum atomic E-state index is -0.613. The zero-order chi connectivity index (χ0) is 19.4. The molecule has 0 bridgehead atoms. The minimum absolute atomic E-state index is 0.00790. The van der Waals surface area contributed by atoms with Crippen LogP contribution in [0.25, 0.3) is 0 Å². The Morgan fingerprint density at radius 1 is 0.852 bits per heavy atom. The van der Waals surface area contributed by atoms with E-state index in [1.54, 1.807) is 12.1 Å². The van der Waals surface area contributed by atoms with Crippen molar-refractivity contribution >= 4 is 34.4 Å². The number of rotatable bonds is 6. The number of nitrogens with zero attached hydrogens (tertiary/aromatic N) is 4. The number of hydrogen-bond acceptors (Lipinski definition) is 8. The molecular weight excluding hydrogens is 352 g/mol. The first-order valence-corrected chi connectivity index (χ1v) is 7.78. The molecule has 2 N–H and O–H groups in total. The van der Waals surface area contributed by atoms with Crippen molar-refractivity contribution in [2.75, 3.05) is 10.6 Å². The van der Waals surface area contributed by atoms with Crippen LogP contribution < -0.4 is 10.6 Å². The Hall–Kier alpha value is -4.08. The lowest BCUT2D eigenvalue weighted by molar-refractivity contribution is -0.384. The van der Waals surface area contributed by atoms with E-state index < -0.39 is 9.85 Å². The maximum Gasteiger partial charge on any atom is 0.353 e. The molecule has 0 spiro atoms. The Morgan fingerprint density at radius 3 is 2.00 bits per heavy atom. The van der Waals surface area contributed by atoms with Gasteiger partial charge in [-0.15, -0.1) is 0 Å².